The van der Waals surface area contributed by atoms with Crippen LogP contribution in [0.1, 0.15) is 23.5 Å². The van der Waals surface area contributed by atoms with Crippen molar-refractivity contribution < 1.29 is 18.4 Å². The zero-order valence-corrected chi connectivity index (χ0v) is 17.5. The number of carbonyl (C=O) groups excluding carboxylic acids is 2. The molecule has 0 spiro atoms. The van der Waals surface area contributed by atoms with Gasteiger partial charge in [-0.2, -0.15) is 0 Å². The molecule has 0 radical (unpaired) electrons. The van der Waals surface area contributed by atoms with Crippen molar-refractivity contribution in [3.05, 3.63) is 81.6 Å². The Morgan fingerprint density at radius 1 is 1.16 bits per heavy atom. The van der Waals surface area contributed by atoms with Crippen LogP contribution in [0.15, 0.2) is 58.5 Å². The average Bonchev–Trinajstić information content (AvgIpc) is 2.76. The van der Waals surface area contributed by atoms with Gasteiger partial charge in [0.1, 0.15) is 17.5 Å². The minimum Gasteiger partial charge on any atom is -0.323 e. The number of benzene rings is 2. The number of aromatic amines is 1. The topological polar surface area (TPSA) is 104 Å². The molecule has 10 heteroatoms. The van der Waals surface area contributed by atoms with E-state index in [4.69, 9.17) is 0 Å². The Kier molecular flexibility index (Phi) is 6.31. The second-order valence-corrected chi connectivity index (χ2v) is 8.22. The summed E-state index contributed by atoms with van der Waals surface area (Å²) in [6.45, 7) is 0. The van der Waals surface area contributed by atoms with Crippen molar-refractivity contribution >= 4 is 35.1 Å². The molecule has 2 amide bonds. The molecule has 0 unspecified atom stereocenters. The van der Waals surface area contributed by atoms with Gasteiger partial charge in [-0.3, -0.25) is 14.4 Å². The van der Waals surface area contributed by atoms with E-state index in [2.05, 4.69) is 20.6 Å². The van der Waals surface area contributed by atoms with E-state index in [9.17, 15) is 23.2 Å². The van der Waals surface area contributed by atoms with Gasteiger partial charge in [0.15, 0.2) is 5.16 Å². The van der Waals surface area contributed by atoms with E-state index in [1.54, 1.807) is 0 Å². The molecule has 0 aliphatic carbocycles. The van der Waals surface area contributed by atoms with E-state index >= 15 is 0 Å². The summed E-state index contributed by atoms with van der Waals surface area (Å²) in [5.41, 5.74) is 0.165. The minimum absolute atomic E-state index is 0.00734. The standard InChI is InChI=1S/C22H18F2N4O3S/c23-13-6-7-15(24)16(10-13)25-20(30)14-11-17(29)26-19-18(14)21(31)28-22(27-19)32-9-8-12-4-2-1-3-5-12/h1-7,10,14H,8-9,11H2,(H,25,30)(H2,26,27,28,29,31)/t14-/m1/s1. The van der Waals surface area contributed by atoms with Crippen LogP contribution in [0.3, 0.4) is 0 Å². The van der Waals surface area contributed by atoms with Crippen molar-refractivity contribution in [3.63, 3.8) is 0 Å². The number of rotatable bonds is 6. The molecule has 7 nitrogen and oxygen atoms in total. The summed E-state index contributed by atoms with van der Waals surface area (Å²) < 4.78 is 27.3. The molecule has 0 saturated carbocycles. The van der Waals surface area contributed by atoms with E-state index in [-0.39, 0.29) is 23.5 Å². The Morgan fingerprint density at radius 2 is 1.94 bits per heavy atom. The van der Waals surface area contributed by atoms with E-state index in [1.165, 1.54) is 11.8 Å². The molecule has 4 rings (SSSR count). The molecule has 1 aromatic heterocycles. The van der Waals surface area contributed by atoms with Crippen LogP contribution in [0.4, 0.5) is 20.3 Å². The number of H-pyrrole nitrogens is 1. The number of anilines is 2. The zero-order chi connectivity index (χ0) is 22.7. The van der Waals surface area contributed by atoms with E-state index in [0.29, 0.717) is 10.9 Å². The van der Waals surface area contributed by atoms with Gasteiger partial charge in [-0.1, -0.05) is 42.1 Å². The summed E-state index contributed by atoms with van der Waals surface area (Å²) in [7, 11) is 0. The summed E-state index contributed by atoms with van der Waals surface area (Å²) in [5.74, 6) is -3.44. The van der Waals surface area contributed by atoms with Crippen molar-refractivity contribution in [2.24, 2.45) is 0 Å². The Bertz CT molecular complexity index is 1230. The van der Waals surface area contributed by atoms with Gasteiger partial charge in [-0.05, 0) is 24.1 Å². The number of aryl methyl sites for hydroxylation is 1. The summed E-state index contributed by atoms with van der Waals surface area (Å²) in [6.07, 6.45) is 0.434. The number of carbonyl (C=O) groups is 2. The lowest BCUT2D eigenvalue weighted by atomic mass is 9.92. The largest absolute Gasteiger partial charge is 0.323 e. The molecule has 0 saturated heterocycles. The molecule has 1 atom stereocenters. The highest BCUT2D eigenvalue weighted by atomic mass is 32.2. The minimum atomic E-state index is -1.19. The number of thioether (sulfide) groups is 1. The number of hydrogen-bond acceptors (Lipinski definition) is 5. The summed E-state index contributed by atoms with van der Waals surface area (Å²) in [4.78, 5) is 44.6. The smallest absolute Gasteiger partial charge is 0.257 e. The predicted octanol–water partition coefficient (Wildman–Crippen LogP) is 3.45. The first-order chi connectivity index (χ1) is 15.4. The van der Waals surface area contributed by atoms with Crippen molar-refractivity contribution in [2.75, 3.05) is 16.4 Å². The monoisotopic (exact) mass is 456 g/mol. The van der Waals surface area contributed by atoms with E-state index < -0.39 is 34.9 Å². The molecule has 164 valence electrons. The normalized spacial score (nSPS) is 15.1. The van der Waals surface area contributed by atoms with Crippen molar-refractivity contribution in [1.82, 2.24) is 9.97 Å². The van der Waals surface area contributed by atoms with Gasteiger partial charge in [0.2, 0.25) is 11.8 Å². The maximum absolute atomic E-state index is 13.9. The highest BCUT2D eigenvalue weighted by molar-refractivity contribution is 7.99. The van der Waals surface area contributed by atoms with E-state index in [0.717, 1.165) is 30.2 Å². The van der Waals surface area contributed by atoms with Crippen molar-refractivity contribution in [3.8, 4) is 0 Å². The molecule has 1 aliphatic rings. The third kappa shape index (κ3) is 4.86. The first-order valence-corrected chi connectivity index (χ1v) is 10.8. The number of hydrogen-bond donors (Lipinski definition) is 3. The second-order valence-electron chi connectivity index (χ2n) is 7.14. The zero-order valence-electron chi connectivity index (χ0n) is 16.7. The fourth-order valence-corrected chi connectivity index (χ4v) is 4.22. The van der Waals surface area contributed by atoms with Crippen LogP contribution in [-0.2, 0) is 16.0 Å². The molecular weight excluding hydrogens is 438 g/mol. The van der Waals surface area contributed by atoms with Gasteiger partial charge in [-0.15, -0.1) is 0 Å². The Balaban J connectivity index is 1.54. The summed E-state index contributed by atoms with van der Waals surface area (Å²) >= 11 is 1.31. The van der Waals surface area contributed by atoms with Gasteiger partial charge in [-0.25, -0.2) is 13.8 Å². The Morgan fingerprint density at radius 3 is 2.72 bits per heavy atom. The molecule has 32 heavy (non-hydrogen) atoms. The van der Waals surface area contributed by atoms with Crippen LogP contribution in [0.5, 0.6) is 0 Å². The maximum atomic E-state index is 13.9. The van der Waals surface area contributed by atoms with Gasteiger partial charge < -0.3 is 15.6 Å². The lowest BCUT2D eigenvalue weighted by Crippen LogP contribution is -2.36. The van der Waals surface area contributed by atoms with Gasteiger partial charge in [0.05, 0.1) is 17.2 Å². The van der Waals surface area contributed by atoms with Crippen LogP contribution in [0.25, 0.3) is 0 Å². The number of nitrogens with zero attached hydrogens (tertiary/aromatic N) is 1. The highest BCUT2D eigenvalue weighted by Crippen LogP contribution is 2.31. The Hall–Kier alpha value is -3.53. The molecule has 2 heterocycles. The van der Waals surface area contributed by atoms with Crippen LogP contribution in [0.2, 0.25) is 0 Å². The fraction of sp³-hybridized carbons (Fsp3) is 0.182. The molecule has 2 aromatic carbocycles. The first-order valence-electron chi connectivity index (χ1n) is 9.77. The van der Waals surface area contributed by atoms with Crippen molar-refractivity contribution in [2.45, 2.75) is 23.9 Å². The molecule has 3 N–H and O–H groups in total. The third-order valence-electron chi connectivity index (χ3n) is 4.90. The molecule has 0 fully saturated rings. The van der Waals surface area contributed by atoms with Crippen LogP contribution in [-0.4, -0.2) is 27.5 Å². The quantitative estimate of drug-likeness (QED) is 0.389. The summed E-state index contributed by atoms with van der Waals surface area (Å²) in [6, 6.07) is 12.4. The van der Waals surface area contributed by atoms with Gasteiger partial charge >= 0.3 is 0 Å². The lowest BCUT2D eigenvalue weighted by Gasteiger charge is -2.23. The van der Waals surface area contributed by atoms with Crippen LogP contribution < -0.4 is 16.2 Å². The van der Waals surface area contributed by atoms with Gasteiger partial charge in [0.25, 0.3) is 5.56 Å². The molecule has 0 bridgehead atoms. The predicted molar refractivity (Wildman–Crippen MR) is 117 cm³/mol. The lowest BCUT2D eigenvalue weighted by molar-refractivity contribution is -0.123. The first kappa shape index (κ1) is 21.7. The fourth-order valence-electron chi connectivity index (χ4n) is 3.37. The summed E-state index contributed by atoms with van der Waals surface area (Å²) in [5, 5.41) is 5.09. The SMILES string of the molecule is O=C1C[C@@H](C(=O)Nc2cc(F)ccc2F)c2c(nc(SCCc3ccccc3)[nH]c2=O)N1. The number of nitrogens with one attached hydrogen (secondary N) is 3. The number of fused-ring (bicyclic) bond motifs is 1. The maximum Gasteiger partial charge on any atom is 0.257 e. The number of aromatic nitrogens is 2. The number of amides is 2. The van der Waals surface area contributed by atoms with Gasteiger partial charge in [0, 0.05) is 18.2 Å². The molecule has 3 aromatic rings. The Labute approximate surface area is 185 Å². The molecule has 1 aliphatic heterocycles. The van der Waals surface area contributed by atoms with Crippen LogP contribution in [0, 0.1) is 11.6 Å². The van der Waals surface area contributed by atoms with Crippen molar-refractivity contribution in [1.29, 1.82) is 0 Å². The highest BCUT2D eigenvalue weighted by Gasteiger charge is 2.35. The molecular formula is C22H18F2N4O3S. The van der Waals surface area contributed by atoms with Crippen LogP contribution >= 0.6 is 11.8 Å². The number of halogens is 2. The third-order valence-corrected chi connectivity index (χ3v) is 5.78. The average molecular weight is 456 g/mol. The van der Waals surface area contributed by atoms with E-state index in [1.807, 2.05) is 30.3 Å². The second kappa shape index (κ2) is 9.31.